The molecule has 0 aliphatic heterocycles. The Morgan fingerprint density at radius 3 is 2.76 bits per heavy atom. The van der Waals surface area contributed by atoms with Crippen LogP contribution >= 0.6 is 11.3 Å². The first kappa shape index (κ1) is 16.3. The van der Waals surface area contributed by atoms with Crippen molar-refractivity contribution in [1.82, 2.24) is 20.1 Å². The standard InChI is InChI=1S/C19H22N4OS/c1-12-10-20-23(11-12)16-6-4-15(5-7-16)22-19(24)14-3-8-17-18(9-14)25-13(2)21-17/h3,8-11,15-16H,4-7H2,1-2H3,(H,22,24). The van der Waals surface area contributed by atoms with E-state index in [9.17, 15) is 4.79 Å². The summed E-state index contributed by atoms with van der Waals surface area (Å²) in [6.45, 7) is 4.06. The molecule has 130 valence electrons. The Bertz CT molecular complexity index is 905. The van der Waals surface area contributed by atoms with Crippen LogP contribution in [0, 0.1) is 13.8 Å². The third-order valence-electron chi connectivity index (χ3n) is 4.89. The average Bonchev–Trinajstić information content (AvgIpc) is 3.19. The molecular weight excluding hydrogens is 332 g/mol. The van der Waals surface area contributed by atoms with Crippen LogP contribution in [-0.4, -0.2) is 26.7 Å². The Kier molecular flexibility index (Phi) is 4.29. The molecule has 1 saturated carbocycles. The van der Waals surface area contributed by atoms with E-state index in [4.69, 9.17) is 0 Å². The maximum atomic E-state index is 12.6. The summed E-state index contributed by atoms with van der Waals surface area (Å²) in [6.07, 6.45) is 8.12. The molecule has 0 atom stereocenters. The van der Waals surface area contributed by atoms with E-state index in [1.165, 1.54) is 5.56 Å². The molecule has 2 aromatic heterocycles. The molecule has 0 saturated heterocycles. The molecule has 0 bridgehead atoms. The van der Waals surface area contributed by atoms with Gasteiger partial charge in [0.25, 0.3) is 5.91 Å². The highest BCUT2D eigenvalue weighted by molar-refractivity contribution is 7.18. The number of hydrogen-bond acceptors (Lipinski definition) is 4. The van der Waals surface area contributed by atoms with Crippen molar-refractivity contribution in [3.05, 3.63) is 46.7 Å². The molecule has 0 unspecified atom stereocenters. The monoisotopic (exact) mass is 354 g/mol. The fourth-order valence-corrected chi connectivity index (χ4v) is 4.43. The molecule has 4 rings (SSSR count). The van der Waals surface area contributed by atoms with Gasteiger partial charge in [0.15, 0.2) is 0 Å². The van der Waals surface area contributed by atoms with Crippen molar-refractivity contribution in [2.45, 2.75) is 51.6 Å². The number of hydrogen-bond donors (Lipinski definition) is 1. The Hall–Kier alpha value is -2.21. The number of benzene rings is 1. The lowest BCUT2D eigenvalue weighted by atomic mass is 9.91. The Labute approximate surface area is 151 Å². The summed E-state index contributed by atoms with van der Waals surface area (Å²) < 4.78 is 3.15. The second-order valence-corrected chi connectivity index (χ2v) is 8.13. The molecule has 1 aromatic carbocycles. The minimum atomic E-state index is 0.0198. The smallest absolute Gasteiger partial charge is 0.251 e. The van der Waals surface area contributed by atoms with E-state index < -0.39 is 0 Å². The van der Waals surface area contributed by atoms with Crippen molar-refractivity contribution in [2.24, 2.45) is 0 Å². The zero-order valence-corrected chi connectivity index (χ0v) is 15.3. The van der Waals surface area contributed by atoms with E-state index >= 15 is 0 Å². The molecule has 3 aromatic rings. The van der Waals surface area contributed by atoms with E-state index in [1.54, 1.807) is 11.3 Å². The van der Waals surface area contributed by atoms with E-state index in [0.717, 1.165) is 46.5 Å². The van der Waals surface area contributed by atoms with Crippen molar-refractivity contribution >= 4 is 27.5 Å². The minimum Gasteiger partial charge on any atom is -0.349 e. The molecule has 1 aliphatic rings. The van der Waals surface area contributed by atoms with Gasteiger partial charge in [0.2, 0.25) is 0 Å². The molecule has 5 nitrogen and oxygen atoms in total. The third kappa shape index (κ3) is 3.44. The number of carbonyl (C=O) groups is 1. The first-order valence-corrected chi connectivity index (χ1v) is 9.59. The summed E-state index contributed by atoms with van der Waals surface area (Å²) in [7, 11) is 0. The van der Waals surface area contributed by atoms with Crippen molar-refractivity contribution < 1.29 is 4.79 Å². The van der Waals surface area contributed by atoms with E-state index in [-0.39, 0.29) is 11.9 Å². The molecule has 1 fully saturated rings. The Balaban J connectivity index is 1.38. The lowest BCUT2D eigenvalue weighted by Gasteiger charge is -2.29. The molecule has 0 radical (unpaired) electrons. The maximum Gasteiger partial charge on any atom is 0.251 e. The van der Waals surface area contributed by atoms with Gasteiger partial charge in [-0.25, -0.2) is 4.98 Å². The van der Waals surface area contributed by atoms with E-state index in [0.29, 0.717) is 6.04 Å². The predicted molar refractivity (Wildman–Crippen MR) is 100 cm³/mol. The molecule has 6 heteroatoms. The second-order valence-electron chi connectivity index (χ2n) is 6.89. The van der Waals surface area contributed by atoms with Crippen LogP contribution in [0.1, 0.15) is 52.7 Å². The number of nitrogens with one attached hydrogen (secondary N) is 1. The fourth-order valence-electron chi connectivity index (χ4n) is 3.57. The van der Waals surface area contributed by atoms with Gasteiger partial charge in [0.05, 0.1) is 27.5 Å². The van der Waals surface area contributed by atoms with Crippen LogP contribution in [0.4, 0.5) is 0 Å². The van der Waals surface area contributed by atoms with Crippen LogP contribution in [-0.2, 0) is 0 Å². The van der Waals surface area contributed by atoms with Gasteiger partial charge in [-0.3, -0.25) is 9.48 Å². The molecule has 1 aliphatic carbocycles. The van der Waals surface area contributed by atoms with Crippen molar-refractivity contribution in [2.75, 3.05) is 0 Å². The number of amides is 1. The lowest BCUT2D eigenvalue weighted by molar-refractivity contribution is 0.0922. The van der Waals surface area contributed by atoms with Crippen LogP contribution in [0.5, 0.6) is 0 Å². The largest absolute Gasteiger partial charge is 0.349 e. The number of fused-ring (bicyclic) bond motifs is 1. The summed E-state index contributed by atoms with van der Waals surface area (Å²) in [6, 6.07) is 6.46. The van der Waals surface area contributed by atoms with Crippen LogP contribution < -0.4 is 5.32 Å². The average molecular weight is 354 g/mol. The summed E-state index contributed by atoms with van der Waals surface area (Å²) in [5.74, 6) is 0.0198. The normalized spacial score (nSPS) is 20.7. The van der Waals surface area contributed by atoms with Gasteiger partial charge in [-0.1, -0.05) is 0 Å². The highest BCUT2D eigenvalue weighted by Gasteiger charge is 2.24. The third-order valence-corrected chi connectivity index (χ3v) is 5.83. The first-order chi connectivity index (χ1) is 12.1. The SMILES string of the molecule is Cc1cnn(C2CCC(NC(=O)c3ccc4nc(C)sc4c3)CC2)c1. The first-order valence-electron chi connectivity index (χ1n) is 8.77. The Morgan fingerprint density at radius 1 is 1.24 bits per heavy atom. The van der Waals surface area contributed by atoms with Crippen LogP contribution in [0.25, 0.3) is 10.2 Å². The summed E-state index contributed by atoms with van der Waals surface area (Å²) in [4.78, 5) is 17.0. The molecular formula is C19H22N4OS. The van der Waals surface area contributed by atoms with Gasteiger partial charge >= 0.3 is 0 Å². The topological polar surface area (TPSA) is 59.8 Å². The number of aromatic nitrogens is 3. The maximum absolute atomic E-state index is 12.6. The lowest BCUT2D eigenvalue weighted by Crippen LogP contribution is -2.38. The van der Waals surface area contributed by atoms with Crippen molar-refractivity contribution in [3.63, 3.8) is 0 Å². The zero-order valence-electron chi connectivity index (χ0n) is 14.5. The minimum absolute atomic E-state index is 0.0198. The highest BCUT2D eigenvalue weighted by Crippen LogP contribution is 2.28. The van der Waals surface area contributed by atoms with Gasteiger partial charge in [0.1, 0.15) is 0 Å². The highest BCUT2D eigenvalue weighted by atomic mass is 32.1. The number of nitrogens with zero attached hydrogens (tertiary/aromatic N) is 3. The van der Waals surface area contributed by atoms with Crippen molar-refractivity contribution in [3.8, 4) is 0 Å². The number of thiazole rings is 1. The molecule has 1 amide bonds. The molecule has 1 N–H and O–H groups in total. The van der Waals surface area contributed by atoms with Crippen molar-refractivity contribution in [1.29, 1.82) is 0 Å². The Morgan fingerprint density at radius 2 is 2.04 bits per heavy atom. The van der Waals surface area contributed by atoms with Gasteiger partial charge in [0, 0.05) is 17.8 Å². The van der Waals surface area contributed by atoms with E-state index in [1.807, 2.05) is 31.3 Å². The number of aryl methyl sites for hydroxylation is 2. The summed E-state index contributed by atoms with van der Waals surface area (Å²) in [5.41, 5.74) is 2.89. The quantitative estimate of drug-likeness (QED) is 0.773. The van der Waals surface area contributed by atoms with Crippen LogP contribution in [0.15, 0.2) is 30.6 Å². The van der Waals surface area contributed by atoms with Gasteiger partial charge < -0.3 is 5.32 Å². The second kappa shape index (κ2) is 6.59. The predicted octanol–water partition coefficient (Wildman–Crippen LogP) is 4.02. The number of carbonyl (C=O) groups excluding carboxylic acids is 1. The summed E-state index contributed by atoms with van der Waals surface area (Å²) >= 11 is 1.63. The molecule has 2 heterocycles. The molecule has 0 spiro atoms. The van der Waals surface area contributed by atoms with Gasteiger partial charge in [-0.15, -0.1) is 11.3 Å². The van der Waals surface area contributed by atoms with Gasteiger partial charge in [-0.05, 0) is 63.3 Å². The van der Waals surface area contributed by atoms with Crippen LogP contribution in [0.2, 0.25) is 0 Å². The number of rotatable bonds is 3. The van der Waals surface area contributed by atoms with Crippen LogP contribution in [0.3, 0.4) is 0 Å². The summed E-state index contributed by atoms with van der Waals surface area (Å²) in [5, 5.41) is 8.66. The fraction of sp³-hybridized carbons (Fsp3) is 0.421. The zero-order chi connectivity index (χ0) is 17.4. The molecule has 25 heavy (non-hydrogen) atoms. The van der Waals surface area contributed by atoms with E-state index in [2.05, 4.69) is 33.2 Å². The van der Waals surface area contributed by atoms with Gasteiger partial charge in [-0.2, -0.15) is 5.10 Å².